The van der Waals surface area contributed by atoms with Crippen molar-refractivity contribution < 1.29 is 24.0 Å². The fourth-order valence-corrected chi connectivity index (χ4v) is 3.07. The molecule has 0 radical (unpaired) electrons. The topological polar surface area (TPSA) is 135 Å². The fraction of sp³-hybridized carbons (Fsp3) is 0. The number of rotatable bonds is 5. The minimum absolute atomic E-state index is 0.0352. The number of aromatic carboxylic acids is 1. The maximum Gasteiger partial charge on any atom is 0.337 e. The number of halogens is 1. The molecule has 3 N–H and O–H groups in total. The lowest BCUT2D eigenvalue weighted by atomic mass is 10.1. The number of nitro benzene ring substituents is 1. The summed E-state index contributed by atoms with van der Waals surface area (Å²) in [5, 5.41) is 25.1. The highest BCUT2D eigenvalue weighted by Gasteiger charge is 2.17. The number of nitrogens with zero attached hydrogens (tertiary/aromatic N) is 1. The van der Waals surface area contributed by atoms with Crippen LogP contribution in [0.4, 0.5) is 11.4 Å². The van der Waals surface area contributed by atoms with E-state index in [1.54, 1.807) is 12.1 Å². The Labute approximate surface area is 183 Å². The highest BCUT2D eigenvalue weighted by molar-refractivity contribution is 9.10. The average molecular weight is 490 g/mol. The molecule has 0 unspecified atom stereocenters. The number of hydrogen-bond donors (Lipinski definition) is 3. The SMILES string of the molecule is O=C(NC(=S)Nc1ccc(Br)cc1C(=O)O)c1ccc(-c2cccc([N+](=O)[O-])c2)o1. The van der Waals surface area contributed by atoms with Crippen LogP contribution in [0, 0.1) is 10.1 Å². The smallest absolute Gasteiger partial charge is 0.337 e. The molecule has 0 saturated carbocycles. The van der Waals surface area contributed by atoms with Crippen LogP contribution in [0.1, 0.15) is 20.9 Å². The first-order valence-corrected chi connectivity index (χ1v) is 9.44. The fourth-order valence-electron chi connectivity index (χ4n) is 2.51. The van der Waals surface area contributed by atoms with Gasteiger partial charge in [0.25, 0.3) is 11.6 Å². The van der Waals surface area contributed by atoms with Gasteiger partial charge in [-0.15, -0.1) is 0 Å². The summed E-state index contributed by atoms with van der Waals surface area (Å²) in [7, 11) is 0. The highest BCUT2D eigenvalue weighted by atomic mass is 79.9. The van der Waals surface area contributed by atoms with Gasteiger partial charge in [-0.3, -0.25) is 20.2 Å². The van der Waals surface area contributed by atoms with E-state index in [1.807, 2.05) is 0 Å². The lowest BCUT2D eigenvalue weighted by Crippen LogP contribution is -2.34. The molecule has 1 heterocycles. The quantitative estimate of drug-likeness (QED) is 0.272. The third-order valence-corrected chi connectivity index (χ3v) is 4.56. The molecule has 0 saturated heterocycles. The van der Waals surface area contributed by atoms with Gasteiger partial charge < -0.3 is 14.8 Å². The second-order valence-electron chi connectivity index (χ2n) is 5.87. The van der Waals surface area contributed by atoms with Crippen LogP contribution in [0.2, 0.25) is 0 Å². The zero-order valence-electron chi connectivity index (χ0n) is 14.9. The van der Waals surface area contributed by atoms with Gasteiger partial charge in [0.15, 0.2) is 10.9 Å². The summed E-state index contributed by atoms with van der Waals surface area (Å²) in [6, 6.07) is 13.2. The van der Waals surface area contributed by atoms with Crippen LogP contribution in [-0.2, 0) is 0 Å². The van der Waals surface area contributed by atoms with Crippen molar-refractivity contribution in [1.82, 2.24) is 5.32 Å². The molecule has 3 rings (SSSR count). The van der Waals surface area contributed by atoms with Crippen LogP contribution >= 0.6 is 28.1 Å². The average Bonchev–Trinajstić information content (AvgIpc) is 3.19. The molecule has 152 valence electrons. The number of non-ortho nitro benzene ring substituents is 1. The number of benzene rings is 2. The van der Waals surface area contributed by atoms with Crippen molar-refractivity contribution in [2.45, 2.75) is 0 Å². The Kier molecular flexibility index (Phi) is 6.23. The van der Waals surface area contributed by atoms with Crippen molar-refractivity contribution in [3.8, 4) is 11.3 Å². The second-order valence-corrected chi connectivity index (χ2v) is 7.20. The molecule has 1 amide bonds. The molecule has 1 aromatic heterocycles. The number of nitrogens with one attached hydrogen (secondary N) is 2. The van der Waals surface area contributed by atoms with Crippen molar-refractivity contribution in [2.75, 3.05) is 5.32 Å². The van der Waals surface area contributed by atoms with Gasteiger partial charge in [0.05, 0.1) is 16.2 Å². The molecular formula is C19H12BrN3O6S. The first-order chi connectivity index (χ1) is 14.2. The van der Waals surface area contributed by atoms with E-state index in [9.17, 15) is 24.8 Å². The number of furan rings is 1. The van der Waals surface area contributed by atoms with E-state index in [2.05, 4.69) is 26.6 Å². The van der Waals surface area contributed by atoms with Crippen LogP contribution in [0.25, 0.3) is 11.3 Å². The number of carbonyl (C=O) groups excluding carboxylic acids is 1. The van der Waals surface area contributed by atoms with E-state index in [0.29, 0.717) is 10.0 Å². The molecule has 0 aliphatic carbocycles. The molecule has 0 fully saturated rings. The van der Waals surface area contributed by atoms with Crippen molar-refractivity contribution in [3.05, 3.63) is 80.5 Å². The van der Waals surface area contributed by atoms with Gasteiger partial charge in [-0.1, -0.05) is 28.1 Å². The van der Waals surface area contributed by atoms with E-state index in [4.69, 9.17) is 16.6 Å². The molecule has 11 heteroatoms. The predicted octanol–water partition coefficient (Wildman–Crippen LogP) is 4.44. The number of carboxylic acid groups (broad SMARTS) is 1. The van der Waals surface area contributed by atoms with E-state index >= 15 is 0 Å². The van der Waals surface area contributed by atoms with E-state index < -0.39 is 16.8 Å². The Balaban J connectivity index is 1.72. The molecule has 0 bridgehead atoms. The normalized spacial score (nSPS) is 10.3. The molecule has 0 atom stereocenters. The minimum Gasteiger partial charge on any atom is -0.478 e. The summed E-state index contributed by atoms with van der Waals surface area (Å²) < 4.78 is 6.05. The summed E-state index contributed by atoms with van der Waals surface area (Å²) in [5.74, 6) is -1.64. The first kappa shape index (κ1) is 21.1. The van der Waals surface area contributed by atoms with Crippen LogP contribution in [0.5, 0.6) is 0 Å². The number of carboxylic acids is 1. The maximum atomic E-state index is 12.4. The lowest BCUT2D eigenvalue weighted by molar-refractivity contribution is -0.384. The molecule has 30 heavy (non-hydrogen) atoms. The largest absolute Gasteiger partial charge is 0.478 e. The molecule has 3 aromatic rings. The number of carbonyl (C=O) groups is 2. The van der Waals surface area contributed by atoms with Gasteiger partial charge in [0, 0.05) is 22.2 Å². The third-order valence-electron chi connectivity index (χ3n) is 3.86. The Morgan fingerprint density at radius 2 is 1.90 bits per heavy atom. The Bertz CT molecular complexity index is 1180. The van der Waals surface area contributed by atoms with Gasteiger partial charge >= 0.3 is 5.97 Å². The summed E-state index contributed by atoms with van der Waals surface area (Å²) in [5.41, 5.74) is 0.494. The van der Waals surface area contributed by atoms with Gasteiger partial charge in [-0.25, -0.2) is 4.79 Å². The monoisotopic (exact) mass is 489 g/mol. The van der Waals surface area contributed by atoms with Crippen LogP contribution < -0.4 is 10.6 Å². The van der Waals surface area contributed by atoms with Gasteiger partial charge in [0.1, 0.15) is 5.76 Å². The van der Waals surface area contributed by atoms with Crippen LogP contribution in [0.3, 0.4) is 0 Å². The van der Waals surface area contributed by atoms with Crippen molar-refractivity contribution >= 4 is 56.5 Å². The van der Waals surface area contributed by atoms with Gasteiger partial charge in [-0.2, -0.15) is 0 Å². The Hall–Kier alpha value is -3.57. The lowest BCUT2D eigenvalue weighted by Gasteiger charge is -2.11. The van der Waals surface area contributed by atoms with Gasteiger partial charge in [-0.05, 0) is 42.5 Å². The third kappa shape index (κ3) is 4.88. The van der Waals surface area contributed by atoms with Crippen LogP contribution in [-0.4, -0.2) is 27.0 Å². The summed E-state index contributed by atoms with van der Waals surface area (Å²) in [4.78, 5) is 34.1. The minimum atomic E-state index is -1.17. The van der Waals surface area contributed by atoms with E-state index in [-0.39, 0.29) is 33.6 Å². The molecule has 2 aromatic carbocycles. The molecule has 0 aliphatic heterocycles. The number of amides is 1. The Morgan fingerprint density at radius 1 is 1.13 bits per heavy atom. The van der Waals surface area contributed by atoms with Crippen molar-refractivity contribution in [2.24, 2.45) is 0 Å². The molecule has 0 aliphatic rings. The zero-order valence-corrected chi connectivity index (χ0v) is 17.3. The number of nitro groups is 1. The molecule has 9 nitrogen and oxygen atoms in total. The first-order valence-electron chi connectivity index (χ1n) is 8.24. The van der Waals surface area contributed by atoms with Crippen LogP contribution in [0.15, 0.2) is 63.5 Å². The number of hydrogen-bond acceptors (Lipinski definition) is 6. The summed E-state index contributed by atoms with van der Waals surface area (Å²) in [6.45, 7) is 0. The predicted molar refractivity (Wildman–Crippen MR) is 116 cm³/mol. The summed E-state index contributed by atoms with van der Waals surface area (Å²) in [6.07, 6.45) is 0. The Morgan fingerprint density at radius 3 is 2.60 bits per heavy atom. The number of thiocarbonyl (C=S) groups is 1. The van der Waals surface area contributed by atoms with E-state index in [1.165, 1.54) is 42.5 Å². The highest BCUT2D eigenvalue weighted by Crippen LogP contribution is 2.26. The molecule has 0 spiro atoms. The van der Waals surface area contributed by atoms with Crippen molar-refractivity contribution in [3.63, 3.8) is 0 Å². The van der Waals surface area contributed by atoms with E-state index in [0.717, 1.165) is 0 Å². The second kappa shape index (κ2) is 8.84. The number of anilines is 1. The maximum absolute atomic E-state index is 12.4. The standard InChI is InChI=1S/C19H12BrN3O6S/c20-11-4-5-14(13(9-11)18(25)26)21-19(30)22-17(24)16-7-6-15(29-16)10-2-1-3-12(8-10)23(27)28/h1-9H,(H,25,26)(H2,21,22,24,30). The molecular weight excluding hydrogens is 478 g/mol. The van der Waals surface area contributed by atoms with Gasteiger partial charge in [0.2, 0.25) is 0 Å². The zero-order chi connectivity index (χ0) is 21.8. The van der Waals surface area contributed by atoms with Crippen molar-refractivity contribution in [1.29, 1.82) is 0 Å². The summed E-state index contributed by atoms with van der Waals surface area (Å²) >= 11 is 8.27.